The van der Waals surface area contributed by atoms with Crippen LogP contribution in [0.4, 0.5) is 0 Å². The summed E-state index contributed by atoms with van der Waals surface area (Å²) in [5.74, 6) is 0.508. The Morgan fingerprint density at radius 1 is 0.913 bits per heavy atom. The highest BCUT2D eigenvalue weighted by Crippen LogP contribution is 2.31. The van der Waals surface area contributed by atoms with Crippen molar-refractivity contribution in [2.75, 3.05) is 0 Å². The third-order valence-electron chi connectivity index (χ3n) is 3.12. The van der Waals surface area contributed by atoms with Gasteiger partial charge in [0.25, 0.3) is 0 Å². The van der Waals surface area contributed by atoms with Crippen LogP contribution < -0.4 is 0 Å². The maximum Gasteiger partial charge on any atom is 0.0716 e. The van der Waals surface area contributed by atoms with Crippen LogP contribution in [0.25, 0.3) is 11.3 Å². The summed E-state index contributed by atoms with van der Waals surface area (Å²) in [6.07, 6.45) is 0.994. The number of aromatic nitrogens is 2. The molecule has 0 fully saturated rings. The maximum atomic E-state index is 4.64. The van der Waals surface area contributed by atoms with Gasteiger partial charge in [0.15, 0.2) is 0 Å². The molecule has 0 spiro atoms. The van der Waals surface area contributed by atoms with Crippen molar-refractivity contribution in [2.45, 2.75) is 74.7 Å². The summed E-state index contributed by atoms with van der Waals surface area (Å²) < 4.78 is 2.02. The first-order valence-electron chi connectivity index (χ1n) is 9.26. The van der Waals surface area contributed by atoms with Crippen molar-refractivity contribution < 1.29 is 0 Å². The minimum Gasteiger partial charge on any atom is -0.267 e. The second-order valence-electron chi connectivity index (χ2n) is 4.71. The minimum absolute atomic E-state index is 0.508. The lowest BCUT2D eigenvalue weighted by Crippen LogP contribution is -1.96. The Kier molecular flexibility index (Phi) is 14.5. The van der Waals surface area contributed by atoms with Gasteiger partial charge < -0.3 is 0 Å². The van der Waals surface area contributed by atoms with Crippen molar-refractivity contribution in [1.82, 2.24) is 9.78 Å². The highest BCUT2D eigenvalue weighted by atomic mass is 15.3. The first-order chi connectivity index (χ1) is 11.1. The fourth-order valence-electron chi connectivity index (χ4n) is 2.40. The van der Waals surface area contributed by atoms with E-state index >= 15 is 0 Å². The average molecular weight is 319 g/mol. The van der Waals surface area contributed by atoms with Crippen LogP contribution in [0.1, 0.15) is 79.5 Å². The quantitative estimate of drug-likeness (QED) is 0.605. The molecule has 2 aromatic rings. The van der Waals surface area contributed by atoms with E-state index in [1.54, 1.807) is 0 Å². The molecule has 2 heteroatoms. The molecule has 0 aliphatic rings. The van der Waals surface area contributed by atoms with Crippen molar-refractivity contribution in [3.8, 4) is 11.3 Å². The number of hydrogen-bond donors (Lipinski definition) is 0. The zero-order chi connectivity index (χ0) is 18.4. The van der Waals surface area contributed by atoms with Gasteiger partial charge in [0.1, 0.15) is 0 Å². The predicted molar refractivity (Wildman–Crippen MR) is 106 cm³/mol. The van der Waals surface area contributed by atoms with Crippen LogP contribution in [-0.4, -0.2) is 9.78 Å². The van der Waals surface area contributed by atoms with Gasteiger partial charge in [0, 0.05) is 18.2 Å². The molecule has 1 heterocycles. The monoisotopic (exact) mass is 318 g/mol. The zero-order valence-corrected chi connectivity index (χ0v) is 17.1. The molecule has 132 valence electrons. The van der Waals surface area contributed by atoms with E-state index in [4.69, 9.17) is 0 Å². The third-order valence-corrected chi connectivity index (χ3v) is 3.12. The summed E-state index contributed by atoms with van der Waals surface area (Å²) in [7, 11) is 2.04. The van der Waals surface area contributed by atoms with Crippen molar-refractivity contribution in [3.05, 3.63) is 41.6 Å². The maximum absolute atomic E-state index is 4.64. The van der Waals surface area contributed by atoms with E-state index in [2.05, 4.69) is 56.2 Å². The lowest BCUT2D eigenvalue weighted by molar-refractivity contribution is 0.752. The van der Waals surface area contributed by atoms with Crippen LogP contribution in [0.5, 0.6) is 0 Å². The number of rotatable bonds is 3. The Morgan fingerprint density at radius 3 is 1.78 bits per heavy atom. The van der Waals surface area contributed by atoms with Crippen molar-refractivity contribution >= 4 is 0 Å². The summed E-state index contributed by atoms with van der Waals surface area (Å²) in [4.78, 5) is 0. The summed E-state index contributed by atoms with van der Waals surface area (Å²) in [6.45, 7) is 18.6. The van der Waals surface area contributed by atoms with Crippen LogP contribution in [0.3, 0.4) is 0 Å². The molecule has 0 atom stereocenters. The Labute approximate surface area is 144 Å². The van der Waals surface area contributed by atoms with Gasteiger partial charge in [-0.1, -0.05) is 92.6 Å². The van der Waals surface area contributed by atoms with Gasteiger partial charge in [-0.15, -0.1) is 0 Å². The summed E-state index contributed by atoms with van der Waals surface area (Å²) in [5.41, 5.74) is 5.13. The molecule has 2 nitrogen and oxygen atoms in total. The second kappa shape index (κ2) is 14.0. The van der Waals surface area contributed by atoms with E-state index in [1.807, 2.05) is 53.3 Å². The molecular weight excluding hydrogens is 280 g/mol. The molecule has 23 heavy (non-hydrogen) atoms. The third kappa shape index (κ3) is 6.60. The first kappa shape index (κ1) is 23.7. The summed E-state index contributed by atoms with van der Waals surface area (Å²) in [5, 5.41) is 4.64. The van der Waals surface area contributed by atoms with E-state index in [0.29, 0.717) is 5.92 Å². The molecule has 0 N–H and O–H groups in total. The Bertz CT molecular complexity index is 496. The predicted octanol–water partition coefficient (Wildman–Crippen LogP) is 6.85. The van der Waals surface area contributed by atoms with Crippen molar-refractivity contribution in [3.63, 3.8) is 0 Å². The molecule has 0 bridgehead atoms. The van der Waals surface area contributed by atoms with Gasteiger partial charge >= 0.3 is 0 Å². The molecule has 0 saturated heterocycles. The van der Waals surface area contributed by atoms with Gasteiger partial charge in [-0.05, 0) is 12.3 Å². The van der Waals surface area contributed by atoms with Crippen molar-refractivity contribution in [1.29, 1.82) is 0 Å². The Hall–Kier alpha value is -1.57. The van der Waals surface area contributed by atoms with Crippen LogP contribution in [-0.2, 0) is 13.5 Å². The Balaban J connectivity index is 0. The van der Waals surface area contributed by atoms with Gasteiger partial charge in [0.2, 0.25) is 0 Å². The first-order valence-corrected chi connectivity index (χ1v) is 9.26. The average Bonchev–Trinajstić information content (AvgIpc) is 2.97. The highest BCUT2D eigenvalue weighted by Gasteiger charge is 2.18. The molecule has 0 radical (unpaired) electrons. The number of aryl methyl sites for hydroxylation is 2. The SMILES string of the molecule is CC.CC.CC.CCc1nn(C)c(-c2ccccc2)c1C(C)C. The molecule has 1 aromatic heterocycles. The van der Waals surface area contributed by atoms with Crippen LogP contribution >= 0.6 is 0 Å². The lowest BCUT2D eigenvalue weighted by Gasteiger charge is -2.10. The van der Waals surface area contributed by atoms with Crippen molar-refractivity contribution in [2.24, 2.45) is 7.05 Å². The molecule has 1 aromatic carbocycles. The van der Waals surface area contributed by atoms with Gasteiger partial charge in [-0.2, -0.15) is 5.10 Å². The van der Waals surface area contributed by atoms with Crippen LogP contribution in [0, 0.1) is 0 Å². The largest absolute Gasteiger partial charge is 0.267 e. The molecule has 0 aliphatic carbocycles. The second-order valence-corrected chi connectivity index (χ2v) is 4.71. The van der Waals surface area contributed by atoms with Crippen LogP contribution in [0.15, 0.2) is 30.3 Å². The van der Waals surface area contributed by atoms with E-state index in [1.165, 1.54) is 22.5 Å². The zero-order valence-electron chi connectivity index (χ0n) is 17.1. The summed E-state index contributed by atoms with van der Waals surface area (Å²) >= 11 is 0. The van der Waals surface area contributed by atoms with Crippen LogP contribution in [0.2, 0.25) is 0 Å². The lowest BCUT2D eigenvalue weighted by atomic mass is 9.95. The molecule has 0 aliphatic heterocycles. The number of benzene rings is 1. The minimum atomic E-state index is 0.508. The smallest absolute Gasteiger partial charge is 0.0716 e. The van der Waals surface area contributed by atoms with E-state index < -0.39 is 0 Å². The number of hydrogen-bond acceptors (Lipinski definition) is 1. The topological polar surface area (TPSA) is 17.8 Å². The van der Waals surface area contributed by atoms with Gasteiger partial charge in [0.05, 0.1) is 11.4 Å². The van der Waals surface area contributed by atoms with E-state index in [-0.39, 0.29) is 0 Å². The fraction of sp³-hybridized carbons (Fsp3) is 0.571. The number of nitrogens with zero attached hydrogens (tertiary/aromatic N) is 2. The van der Waals surface area contributed by atoms with E-state index in [0.717, 1.165) is 6.42 Å². The standard InChI is InChI=1S/C15H20N2.3C2H6/c1-5-13-14(11(2)3)15(17(4)16-13)12-9-7-6-8-10-12;3*1-2/h6-11H,5H2,1-4H3;3*1-2H3. The molecule has 0 unspecified atom stereocenters. The van der Waals surface area contributed by atoms with Gasteiger partial charge in [-0.3, -0.25) is 4.68 Å². The molecule has 2 rings (SSSR count). The fourth-order valence-corrected chi connectivity index (χ4v) is 2.40. The molecule has 0 saturated carbocycles. The van der Waals surface area contributed by atoms with E-state index in [9.17, 15) is 0 Å². The van der Waals surface area contributed by atoms with Gasteiger partial charge in [-0.25, -0.2) is 0 Å². The molecule has 0 amide bonds. The Morgan fingerprint density at radius 2 is 1.39 bits per heavy atom. The highest BCUT2D eigenvalue weighted by molar-refractivity contribution is 5.65. The normalized spacial score (nSPS) is 9.00. The summed E-state index contributed by atoms with van der Waals surface area (Å²) in [6, 6.07) is 10.5. The molecular formula is C21H38N2.